The molecule has 40 valence electrons. The van der Waals surface area contributed by atoms with Crippen molar-refractivity contribution in [2.24, 2.45) is 0 Å². The van der Waals surface area contributed by atoms with Crippen molar-refractivity contribution < 1.29 is 62.4 Å². The molecule has 0 radical (unpaired) electrons. The standard InChI is InChI=1S/Mo.4H2O.Zn/h;4*1H2;. The van der Waals surface area contributed by atoms with E-state index in [1.54, 1.807) is 0 Å². The molecule has 0 aliphatic carbocycles. The zero-order valence-electron chi connectivity index (χ0n) is 3.12. The molecular weight excluding hydrogens is 225 g/mol. The van der Waals surface area contributed by atoms with Crippen LogP contribution in [0, 0.1) is 0 Å². The van der Waals surface area contributed by atoms with E-state index in [1.807, 2.05) is 0 Å². The maximum atomic E-state index is 0. The van der Waals surface area contributed by atoms with Crippen molar-refractivity contribution in [1.29, 1.82) is 0 Å². The molecule has 0 atom stereocenters. The normalized spacial score (nSPS) is 0. The minimum atomic E-state index is 0. The van der Waals surface area contributed by atoms with Gasteiger partial charge in [-0.25, -0.2) is 0 Å². The van der Waals surface area contributed by atoms with Crippen molar-refractivity contribution in [3.05, 3.63) is 0 Å². The summed E-state index contributed by atoms with van der Waals surface area (Å²) in [6.45, 7) is 0. The van der Waals surface area contributed by atoms with E-state index in [0.29, 0.717) is 0 Å². The molecule has 6 heavy (non-hydrogen) atoms. The van der Waals surface area contributed by atoms with Crippen molar-refractivity contribution in [1.82, 2.24) is 0 Å². The van der Waals surface area contributed by atoms with Crippen LogP contribution in [0.25, 0.3) is 0 Å². The van der Waals surface area contributed by atoms with E-state index in [4.69, 9.17) is 0 Å². The molecule has 0 fully saturated rings. The Morgan fingerprint density at radius 3 is 0.500 bits per heavy atom. The minimum Gasteiger partial charge on any atom is -0.412 e. The summed E-state index contributed by atoms with van der Waals surface area (Å²) in [4.78, 5) is 0. The van der Waals surface area contributed by atoms with E-state index in [1.165, 1.54) is 0 Å². The number of hydrogen-bond acceptors (Lipinski definition) is 0. The molecule has 0 aliphatic heterocycles. The fourth-order valence-electron chi connectivity index (χ4n) is 0. The first-order valence-corrected chi connectivity index (χ1v) is 0. The maximum absolute atomic E-state index is 0. The van der Waals surface area contributed by atoms with E-state index < -0.39 is 0 Å². The van der Waals surface area contributed by atoms with Crippen LogP contribution in [-0.4, -0.2) is 21.9 Å². The van der Waals surface area contributed by atoms with Crippen molar-refractivity contribution in [3.8, 4) is 0 Å². The molecule has 0 heterocycles. The molecule has 8 N–H and O–H groups in total. The van der Waals surface area contributed by atoms with Crippen LogP contribution in [0.4, 0.5) is 0 Å². The zero-order valence-corrected chi connectivity index (χ0v) is 8.09. The predicted octanol–water partition coefficient (Wildman–Crippen LogP) is -3.30. The Morgan fingerprint density at radius 1 is 0.500 bits per heavy atom. The summed E-state index contributed by atoms with van der Waals surface area (Å²) in [6.07, 6.45) is 0. The quantitative estimate of drug-likeness (QED) is 0.389. The first kappa shape index (κ1) is 204. The smallest absolute Gasteiger partial charge is 0 e. The molecule has 0 saturated carbocycles. The Bertz CT molecular complexity index is 7.51. The number of rotatable bonds is 0. The molecule has 6 heteroatoms. The van der Waals surface area contributed by atoms with Gasteiger partial charge in [0.2, 0.25) is 0 Å². The summed E-state index contributed by atoms with van der Waals surface area (Å²) in [5, 5.41) is 0. The van der Waals surface area contributed by atoms with E-state index in [2.05, 4.69) is 0 Å². The second-order valence-corrected chi connectivity index (χ2v) is 0. The fraction of sp³-hybridized carbons (Fsp3) is 0. The summed E-state index contributed by atoms with van der Waals surface area (Å²) < 4.78 is 0. The van der Waals surface area contributed by atoms with Gasteiger partial charge in [-0.05, 0) is 0 Å². The van der Waals surface area contributed by atoms with Gasteiger partial charge in [0.25, 0.3) is 0 Å². The van der Waals surface area contributed by atoms with Crippen LogP contribution < -0.4 is 0 Å². The summed E-state index contributed by atoms with van der Waals surface area (Å²) >= 11 is 0. The molecule has 4 nitrogen and oxygen atoms in total. The Labute approximate surface area is 62.6 Å². The summed E-state index contributed by atoms with van der Waals surface area (Å²) in [7, 11) is 0. The molecule has 0 aromatic carbocycles. The maximum Gasteiger partial charge on any atom is 0 e. The van der Waals surface area contributed by atoms with Crippen LogP contribution in [0.1, 0.15) is 0 Å². The SMILES string of the molecule is O.O.O.O.[Mo].[Zn]. The van der Waals surface area contributed by atoms with Gasteiger partial charge in [-0.3, -0.25) is 0 Å². The van der Waals surface area contributed by atoms with Crippen LogP contribution in [0.3, 0.4) is 0 Å². The van der Waals surface area contributed by atoms with Crippen molar-refractivity contribution in [3.63, 3.8) is 0 Å². The van der Waals surface area contributed by atoms with Crippen LogP contribution in [0.5, 0.6) is 0 Å². The molecule has 0 unspecified atom stereocenters. The van der Waals surface area contributed by atoms with Crippen LogP contribution in [-0.2, 0) is 40.5 Å². The Morgan fingerprint density at radius 2 is 0.500 bits per heavy atom. The molecule has 0 amide bonds. The Kier molecular flexibility index (Phi) is 4190. The third kappa shape index (κ3) is 66.9. The van der Waals surface area contributed by atoms with Gasteiger partial charge in [-0.2, -0.15) is 0 Å². The van der Waals surface area contributed by atoms with Crippen molar-refractivity contribution in [2.75, 3.05) is 0 Å². The van der Waals surface area contributed by atoms with Crippen molar-refractivity contribution in [2.45, 2.75) is 0 Å². The van der Waals surface area contributed by atoms with E-state index in [-0.39, 0.29) is 62.4 Å². The first-order chi connectivity index (χ1) is 0. The second kappa shape index (κ2) is 123. The molecule has 0 spiro atoms. The third-order valence-electron chi connectivity index (χ3n) is 0. The van der Waals surface area contributed by atoms with E-state index in [0.717, 1.165) is 0 Å². The Hall–Kier alpha value is 1.15. The van der Waals surface area contributed by atoms with E-state index in [9.17, 15) is 0 Å². The molecule has 0 bridgehead atoms. The van der Waals surface area contributed by atoms with Gasteiger partial charge < -0.3 is 21.9 Å². The van der Waals surface area contributed by atoms with Gasteiger partial charge in [0.1, 0.15) is 0 Å². The van der Waals surface area contributed by atoms with Crippen LogP contribution >= 0.6 is 0 Å². The van der Waals surface area contributed by atoms with Crippen LogP contribution in [0.2, 0.25) is 0 Å². The van der Waals surface area contributed by atoms with E-state index >= 15 is 0 Å². The molecular formula is H8MoO4Zn. The molecule has 0 aromatic rings. The second-order valence-electron chi connectivity index (χ2n) is 0. The topological polar surface area (TPSA) is 126 Å². The molecule has 0 saturated heterocycles. The minimum absolute atomic E-state index is 0. The summed E-state index contributed by atoms with van der Waals surface area (Å²) in [5.74, 6) is 0. The van der Waals surface area contributed by atoms with Crippen molar-refractivity contribution >= 4 is 0 Å². The third-order valence-corrected chi connectivity index (χ3v) is 0. The monoisotopic (exact) mass is 234 g/mol. The van der Waals surface area contributed by atoms with Gasteiger partial charge >= 0.3 is 0 Å². The van der Waals surface area contributed by atoms with Gasteiger partial charge in [0.05, 0.1) is 0 Å². The van der Waals surface area contributed by atoms with Gasteiger partial charge in [-0.15, -0.1) is 0 Å². The largest absolute Gasteiger partial charge is 0.412 e. The number of hydrogen-bond donors (Lipinski definition) is 0. The molecule has 0 aliphatic rings. The summed E-state index contributed by atoms with van der Waals surface area (Å²) in [5.41, 5.74) is 0. The average molecular weight is 233 g/mol. The van der Waals surface area contributed by atoms with Gasteiger partial charge in [0.15, 0.2) is 0 Å². The molecule has 0 aromatic heterocycles. The van der Waals surface area contributed by atoms with Crippen LogP contribution in [0.15, 0.2) is 0 Å². The van der Waals surface area contributed by atoms with Gasteiger partial charge in [-0.1, -0.05) is 0 Å². The molecule has 0 rings (SSSR count). The Balaban J connectivity index is 0. The zero-order chi connectivity index (χ0) is 0. The fourth-order valence-corrected chi connectivity index (χ4v) is 0. The van der Waals surface area contributed by atoms with Gasteiger partial charge in [0, 0.05) is 40.5 Å². The summed E-state index contributed by atoms with van der Waals surface area (Å²) in [6, 6.07) is 0. The predicted molar refractivity (Wildman–Crippen MR) is 14.5 cm³/mol. The average Bonchev–Trinajstić information content (AvgIpc) is 0. The first-order valence-electron chi connectivity index (χ1n) is 0.